The summed E-state index contributed by atoms with van der Waals surface area (Å²) < 4.78 is 0. The summed E-state index contributed by atoms with van der Waals surface area (Å²) in [6, 6.07) is 0. The summed E-state index contributed by atoms with van der Waals surface area (Å²) in [4.78, 5) is 46.5. The molecule has 2 saturated carbocycles. The third-order valence-corrected chi connectivity index (χ3v) is 3.93. The van der Waals surface area contributed by atoms with Crippen LogP contribution in [0.25, 0.3) is 0 Å². The van der Waals surface area contributed by atoms with Gasteiger partial charge in [-0.1, -0.05) is 12.8 Å². The van der Waals surface area contributed by atoms with E-state index < -0.39 is 29.4 Å². The molecule has 0 aromatic rings. The Labute approximate surface area is 105 Å². The van der Waals surface area contributed by atoms with E-state index >= 15 is 0 Å². The Morgan fingerprint density at radius 2 is 1.44 bits per heavy atom. The number of carboxylic acid groups (broad SMARTS) is 1. The minimum atomic E-state index is -1.18. The van der Waals surface area contributed by atoms with Gasteiger partial charge >= 0.3 is 5.97 Å². The van der Waals surface area contributed by atoms with Crippen LogP contribution in [0.5, 0.6) is 0 Å². The van der Waals surface area contributed by atoms with E-state index in [1.54, 1.807) is 0 Å². The number of rotatable bonds is 3. The SMILES string of the molecule is O=C(O)C1CC(=O)C(C(=O)C2CCCC2)C(=O)C1. The van der Waals surface area contributed by atoms with E-state index in [4.69, 9.17) is 5.11 Å². The van der Waals surface area contributed by atoms with Gasteiger partial charge in [0.2, 0.25) is 0 Å². The van der Waals surface area contributed by atoms with Crippen molar-refractivity contribution in [1.29, 1.82) is 0 Å². The molecule has 0 bridgehead atoms. The van der Waals surface area contributed by atoms with Crippen LogP contribution < -0.4 is 0 Å². The summed E-state index contributed by atoms with van der Waals surface area (Å²) in [6.45, 7) is 0. The van der Waals surface area contributed by atoms with Crippen molar-refractivity contribution < 1.29 is 24.3 Å². The van der Waals surface area contributed by atoms with E-state index in [9.17, 15) is 19.2 Å². The minimum absolute atomic E-state index is 0.177. The first-order valence-corrected chi connectivity index (χ1v) is 6.32. The third kappa shape index (κ3) is 2.35. The Kier molecular flexibility index (Phi) is 3.59. The molecule has 0 radical (unpaired) electrons. The molecule has 0 aromatic heterocycles. The molecule has 2 rings (SSSR count). The van der Waals surface area contributed by atoms with Gasteiger partial charge in [0.1, 0.15) is 5.92 Å². The minimum Gasteiger partial charge on any atom is -0.481 e. The molecule has 98 valence electrons. The second-order valence-electron chi connectivity index (χ2n) is 5.19. The first kappa shape index (κ1) is 12.9. The van der Waals surface area contributed by atoms with Crippen molar-refractivity contribution in [2.24, 2.45) is 17.8 Å². The van der Waals surface area contributed by atoms with Gasteiger partial charge in [0.05, 0.1) is 5.92 Å². The third-order valence-electron chi connectivity index (χ3n) is 3.93. The Morgan fingerprint density at radius 1 is 0.944 bits per heavy atom. The molecule has 5 heteroatoms. The van der Waals surface area contributed by atoms with E-state index in [1.807, 2.05) is 0 Å². The Bertz CT molecular complexity index is 388. The van der Waals surface area contributed by atoms with Crippen LogP contribution in [0.1, 0.15) is 38.5 Å². The number of aliphatic carboxylic acids is 1. The highest BCUT2D eigenvalue weighted by atomic mass is 16.4. The summed E-state index contributed by atoms with van der Waals surface area (Å²) in [5, 5.41) is 8.82. The van der Waals surface area contributed by atoms with Crippen LogP contribution >= 0.6 is 0 Å². The quantitative estimate of drug-likeness (QED) is 0.757. The van der Waals surface area contributed by atoms with Crippen molar-refractivity contribution in [2.45, 2.75) is 38.5 Å². The summed E-state index contributed by atoms with van der Waals surface area (Å²) in [5.74, 6) is -4.72. The lowest BCUT2D eigenvalue weighted by atomic mass is 9.75. The Morgan fingerprint density at radius 3 is 1.89 bits per heavy atom. The van der Waals surface area contributed by atoms with Crippen molar-refractivity contribution in [3.05, 3.63) is 0 Å². The lowest BCUT2D eigenvalue weighted by Gasteiger charge is -2.24. The van der Waals surface area contributed by atoms with Gasteiger partial charge in [0, 0.05) is 18.8 Å². The smallest absolute Gasteiger partial charge is 0.307 e. The maximum absolute atomic E-state index is 12.1. The molecule has 5 nitrogen and oxygen atoms in total. The number of hydrogen-bond donors (Lipinski definition) is 1. The molecule has 0 saturated heterocycles. The van der Waals surface area contributed by atoms with Gasteiger partial charge in [0.25, 0.3) is 0 Å². The molecular formula is C13H16O5. The van der Waals surface area contributed by atoms with Crippen LogP contribution in [0.3, 0.4) is 0 Å². The van der Waals surface area contributed by atoms with Gasteiger partial charge in [-0.05, 0) is 12.8 Å². The Balaban J connectivity index is 2.09. The van der Waals surface area contributed by atoms with E-state index in [0.29, 0.717) is 0 Å². The molecule has 18 heavy (non-hydrogen) atoms. The van der Waals surface area contributed by atoms with Crippen LogP contribution in [0.2, 0.25) is 0 Å². The molecule has 0 spiro atoms. The van der Waals surface area contributed by atoms with Gasteiger partial charge in [-0.15, -0.1) is 0 Å². The van der Waals surface area contributed by atoms with Crippen LogP contribution in [-0.4, -0.2) is 28.4 Å². The van der Waals surface area contributed by atoms with Crippen molar-refractivity contribution in [3.8, 4) is 0 Å². The molecule has 0 aliphatic heterocycles. The van der Waals surface area contributed by atoms with Gasteiger partial charge < -0.3 is 5.11 Å². The van der Waals surface area contributed by atoms with Crippen molar-refractivity contribution in [1.82, 2.24) is 0 Å². The van der Waals surface area contributed by atoms with Gasteiger partial charge in [-0.25, -0.2) is 0 Å². The number of carboxylic acids is 1. The molecule has 0 unspecified atom stereocenters. The van der Waals surface area contributed by atoms with E-state index in [-0.39, 0.29) is 24.5 Å². The molecular weight excluding hydrogens is 236 g/mol. The predicted molar refractivity (Wildman–Crippen MR) is 60.8 cm³/mol. The highest BCUT2D eigenvalue weighted by molar-refractivity contribution is 6.22. The zero-order valence-electron chi connectivity index (χ0n) is 10.1. The molecule has 0 heterocycles. The van der Waals surface area contributed by atoms with Crippen molar-refractivity contribution in [2.75, 3.05) is 0 Å². The standard InChI is InChI=1S/C13H16O5/c14-9-5-8(13(17)18)6-10(15)11(9)12(16)7-3-1-2-4-7/h7-8,11H,1-6H2,(H,17,18). The maximum Gasteiger partial charge on any atom is 0.307 e. The van der Waals surface area contributed by atoms with E-state index in [1.165, 1.54) is 0 Å². The van der Waals surface area contributed by atoms with Crippen LogP contribution in [0.4, 0.5) is 0 Å². The number of hydrogen-bond acceptors (Lipinski definition) is 4. The summed E-state index contributed by atoms with van der Waals surface area (Å²) in [5.41, 5.74) is 0. The molecule has 0 aromatic carbocycles. The average molecular weight is 252 g/mol. The zero-order valence-corrected chi connectivity index (χ0v) is 10.1. The first-order valence-electron chi connectivity index (χ1n) is 6.32. The lowest BCUT2D eigenvalue weighted by Crippen LogP contribution is -2.42. The topological polar surface area (TPSA) is 88.5 Å². The zero-order chi connectivity index (χ0) is 13.3. The van der Waals surface area contributed by atoms with E-state index in [2.05, 4.69) is 0 Å². The lowest BCUT2D eigenvalue weighted by molar-refractivity contribution is -0.153. The van der Waals surface area contributed by atoms with Gasteiger partial charge in [-0.2, -0.15) is 0 Å². The van der Waals surface area contributed by atoms with Crippen LogP contribution in [0.15, 0.2) is 0 Å². The fraction of sp³-hybridized carbons (Fsp3) is 0.692. The van der Waals surface area contributed by atoms with Crippen molar-refractivity contribution in [3.63, 3.8) is 0 Å². The monoisotopic (exact) mass is 252 g/mol. The number of ketones is 3. The second kappa shape index (κ2) is 5.00. The van der Waals surface area contributed by atoms with Gasteiger partial charge in [-0.3, -0.25) is 19.2 Å². The first-order chi connectivity index (χ1) is 8.50. The fourth-order valence-corrected chi connectivity index (χ4v) is 2.91. The number of carbonyl (C=O) groups excluding carboxylic acids is 3. The number of carbonyl (C=O) groups is 4. The molecule has 2 fully saturated rings. The molecule has 0 amide bonds. The average Bonchev–Trinajstić information content (AvgIpc) is 2.80. The van der Waals surface area contributed by atoms with Crippen molar-refractivity contribution >= 4 is 23.3 Å². The van der Waals surface area contributed by atoms with Crippen LogP contribution in [0, 0.1) is 17.8 Å². The summed E-state index contributed by atoms with van der Waals surface area (Å²) in [6.07, 6.45) is 3.04. The van der Waals surface area contributed by atoms with Crippen LogP contribution in [-0.2, 0) is 19.2 Å². The largest absolute Gasteiger partial charge is 0.481 e. The molecule has 2 aliphatic rings. The molecule has 1 N–H and O–H groups in total. The molecule has 0 atom stereocenters. The highest BCUT2D eigenvalue weighted by Crippen LogP contribution is 2.32. The normalized spacial score (nSPS) is 29.6. The van der Waals surface area contributed by atoms with Gasteiger partial charge in [0.15, 0.2) is 17.3 Å². The second-order valence-corrected chi connectivity index (χ2v) is 5.19. The number of Topliss-reactive ketones (excluding diaryl/α,β-unsaturated/α-hetero) is 3. The Hall–Kier alpha value is -1.52. The maximum atomic E-state index is 12.1. The summed E-state index contributed by atoms with van der Waals surface area (Å²) in [7, 11) is 0. The highest BCUT2D eigenvalue weighted by Gasteiger charge is 2.44. The van der Waals surface area contributed by atoms with E-state index in [0.717, 1.165) is 25.7 Å². The molecule has 2 aliphatic carbocycles. The fourth-order valence-electron chi connectivity index (χ4n) is 2.91. The predicted octanol–water partition coefficient (Wildman–Crippen LogP) is 0.995. The summed E-state index contributed by atoms with van der Waals surface area (Å²) >= 11 is 0.